The standard InChI is InChI=1S/C19H22N4O3/c1-14(24)22-9-11-23(12-10-22)17-7-3-2-5-15(17)13-20-18-8-4-6-16(21-18)19(25)26/h2-8H,9-13H2,1H3,(H,20,21)(H,25,26). The molecule has 0 unspecified atom stereocenters. The molecule has 26 heavy (non-hydrogen) atoms. The number of nitrogens with one attached hydrogen (secondary N) is 1. The van der Waals surface area contributed by atoms with Gasteiger partial charge in [-0.25, -0.2) is 9.78 Å². The van der Waals surface area contributed by atoms with Crippen LogP contribution in [0.5, 0.6) is 0 Å². The Morgan fingerprint density at radius 2 is 1.81 bits per heavy atom. The molecule has 0 atom stereocenters. The van der Waals surface area contributed by atoms with E-state index in [1.807, 2.05) is 23.1 Å². The van der Waals surface area contributed by atoms with Crippen LogP contribution in [0.25, 0.3) is 0 Å². The predicted molar refractivity (Wildman–Crippen MR) is 99.4 cm³/mol. The van der Waals surface area contributed by atoms with Crippen molar-refractivity contribution in [2.75, 3.05) is 36.4 Å². The Morgan fingerprint density at radius 1 is 1.08 bits per heavy atom. The number of hydrogen-bond donors (Lipinski definition) is 2. The summed E-state index contributed by atoms with van der Waals surface area (Å²) in [5.41, 5.74) is 2.24. The summed E-state index contributed by atoms with van der Waals surface area (Å²) in [7, 11) is 0. The predicted octanol–water partition coefficient (Wildman–Crippen LogP) is 2.06. The van der Waals surface area contributed by atoms with Crippen LogP contribution in [0.2, 0.25) is 0 Å². The number of para-hydroxylation sites is 1. The van der Waals surface area contributed by atoms with Gasteiger partial charge in [-0.05, 0) is 23.8 Å². The first-order valence-electron chi connectivity index (χ1n) is 8.57. The Bertz CT molecular complexity index is 801. The summed E-state index contributed by atoms with van der Waals surface area (Å²) in [6, 6.07) is 13.0. The van der Waals surface area contributed by atoms with Crippen LogP contribution in [-0.4, -0.2) is 53.0 Å². The molecule has 2 N–H and O–H groups in total. The average molecular weight is 354 g/mol. The van der Waals surface area contributed by atoms with E-state index in [4.69, 9.17) is 5.11 Å². The zero-order valence-corrected chi connectivity index (χ0v) is 14.7. The number of carbonyl (C=O) groups excluding carboxylic acids is 1. The molecule has 1 saturated heterocycles. The van der Waals surface area contributed by atoms with Crippen molar-refractivity contribution >= 4 is 23.4 Å². The molecule has 2 aromatic rings. The Balaban J connectivity index is 1.69. The minimum atomic E-state index is -1.04. The number of aromatic nitrogens is 1. The molecular formula is C19H22N4O3. The smallest absolute Gasteiger partial charge is 0.354 e. The molecule has 0 radical (unpaired) electrons. The fourth-order valence-corrected chi connectivity index (χ4v) is 3.07. The van der Waals surface area contributed by atoms with E-state index in [2.05, 4.69) is 21.3 Å². The van der Waals surface area contributed by atoms with E-state index in [0.29, 0.717) is 12.4 Å². The van der Waals surface area contributed by atoms with Crippen LogP contribution in [0.4, 0.5) is 11.5 Å². The van der Waals surface area contributed by atoms with Crippen molar-refractivity contribution in [1.29, 1.82) is 0 Å². The summed E-state index contributed by atoms with van der Waals surface area (Å²) >= 11 is 0. The molecule has 0 saturated carbocycles. The number of anilines is 2. The third-order valence-corrected chi connectivity index (χ3v) is 4.49. The van der Waals surface area contributed by atoms with Crippen LogP contribution in [0.15, 0.2) is 42.5 Å². The van der Waals surface area contributed by atoms with E-state index in [-0.39, 0.29) is 11.6 Å². The summed E-state index contributed by atoms with van der Waals surface area (Å²) in [6.45, 7) is 5.18. The lowest BCUT2D eigenvalue weighted by Crippen LogP contribution is -2.48. The quantitative estimate of drug-likeness (QED) is 0.855. The number of rotatable bonds is 5. The third-order valence-electron chi connectivity index (χ3n) is 4.49. The van der Waals surface area contributed by atoms with Crippen molar-refractivity contribution in [1.82, 2.24) is 9.88 Å². The zero-order valence-electron chi connectivity index (χ0n) is 14.7. The van der Waals surface area contributed by atoms with Gasteiger partial charge in [-0.3, -0.25) is 4.79 Å². The minimum Gasteiger partial charge on any atom is -0.477 e. The normalized spacial score (nSPS) is 14.2. The molecule has 1 aliphatic heterocycles. The fourth-order valence-electron chi connectivity index (χ4n) is 3.07. The van der Waals surface area contributed by atoms with Crippen molar-refractivity contribution < 1.29 is 14.7 Å². The molecule has 2 heterocycles. The van der Waals surface area contributed by atoms with Gasteiger partial charge in [0.25, 0.3) is 0 Å². The minimum absolute atomic E-state index is 0.0173. The SMILES string of the molecule is CC(=O)N1CCN(c2ccccc2CNc2cccc(C(=O)O)n2)CC1. The van der Waals surface area contributed by atoms with Gasteiger partial charge >= 0.3 is 5.97 Å². The molecule has 1 amide bonds. The van der Waals surface area contributed by atoms with Crippen molar-refractivity contribution in [2.45, 2.75) is 13.5 Å². The van der Waals surface area contributed by atoms with Crippen LogP contribution in [0.1, 0.15) is 23.0 Å². The molecule has 1 aromatic heterocycles. The van der Waals surface area contributed by atoms with Gasteiger partial charge in [0, 0.05) is 45.3 Å². The summed E-state index contributed by atoms with van der Waals surface area (Å²) < 4.78 is 0. The van der Waals surface area contributed by atoms with Gasteiger partial charge in [0.05, 0.1) is 0 Å². The van der Waals surface area contributed by atoms with E-state index in [1.165, 1.54) is 6.07 Å². The van der Waals surface area contributed by atoms with Crippen LogP contribution < -0.4 is 10.2 Å². The maximum Gasteiger partial charge on any atom is 0.354 e. The van der Waals surface area contributed by atoms with Crippen LogP contribution in [-0.2, 0) is 11.3 Å². The van der Waals surface area contributed by atoms with E-state index < -0.39 is 5.97 Å². The van der Waals surface area contributed by atoms with Crippen LogP contribution in [0, 0.1) is 0 Å². The summed E-state index contributed by atoms with van der Waals surface area (Å²) in [5.74, 6) is -0.400. The molecular weight excluding hydrogens is 332 g/mol. The zero-order chi connectivity index (χ0) is 18.5. The highest BCUT2D eigenvalue weighted by Crippen LogP contribution is 2.23. The molecule has 1 aromatic carbocycles. The Labute approximate surface area is 152 Å². The van der Waals surface area contributed by atoms with Gasteiger partial charge < -0.3 is 20.2 Å². The third kappa shape index (κ3) is 4.11. The van der Waals surface area contributed by atoms with Crippen LogP contribution in [0.3, 0.4) is 0 Å². The molecule has 0 bridgehead atoms. The second-order valence-corrected chi connectivity index (χ2v) is 6.19. The number of carboxylic acids is 1. The number of pyridine rings is 1. The number of carbonyl (C=O) groups is 2. The van der Waals surface area contributed by atoms with Crippen molar-refractivity contribution in [3.05, 3.63) is 53.7 Å². The van der Waals surface area contributed by atoms with E-state index in [0.717, 1.165) is 37.4 Å². The summed E-state index contributed by atoms with van der Waals surface area (Å²) in [4.78, 5) is 30.8. The number of aromatic carboxylic acids is 1. The highest BCUT2D eigenvalue weighted by Gasteiger charge is 2.20. The van der Waals surface area contributed by atoms with E-state index in [1.54, 1.807) is 19.1 Å². The number of piperazine rings is 1. The molecule has 136 valence electrons. The molecule has 7 heteroatoms. The van der Waals surface area contributed by atoms with Gasteiger partial charge in [-0.15, -0.1) is 0 Å². The van der Waals surface area contributed by atoms with Gasteiger partial charge in [0.1, 0.15) is 5.82 Å². The van der Waals surface area contributed by atoms with E-state index >= 15 is 0 Å². The second-order valence-electron chi connectivity index (χ2n) is 6.19. The first-order valence-corrected chi connectivity index (χ1v) is 8.57. The number of amides is 1. The molecule has 7 nitrogen and oxygen atoms in total. The largest absolute Gasteiger partial charge is 0.477 e. The maximum absolute atomic E-state index is 11.5. The van der Waals surface area contributed by atoms with Gasteiger partial charge in [0.2, 0.25) is 5.91 Å². The molecule has 0 aliphatic carbocycles. The summed E-state index contributed by atoms with van der Waals surface area (Å²) in [6.07, 6.45) is 0. The van der Waals surface area contributed by atoms with Crippen LogP contribution >= 0.6 is 0 Å². The number of nitrogens with zero attached hydrogens (tertiary/aromatic N) is 3. The highest BCUT2D eigenvalue weighted by atomic mass is 16.4. The molecule has 1 fully saturated rings. The number of carboxylic acid groups (broad SMARTS) is 1. The second kappa shape index (κ2) is 7.86. The van der Waals surface area contributed by atoms with E-state index in [9.17, 15) is 9.59 Å². The Kier molecular flexibility index (Phi) is 5.36. The first-order chi connectivity index (χ1) is 12.5. The maximum atomic E-state index is 11.5. The Hall–Kier alpha value is -3.09. The monoisotopic (exact) mass is 354 g/mol. The van der Waals surface area contributed by atoms with Crippen molar-refractivity contribution in [3.8, 4) is 0 Å². The lowest BCUT2D eigenvalue weighted by Gasteiger charge is -2.36. The lowest BCUT2D eigenvalue weighted by atomic mass is 10.1. The Morgan fingerprint density at radius 3 is 2.50 bits per heavy atom. The summed E-state index contributed by atoms with van der Waals surface area (Å²) in [5, 5.41) is 12.2. The highest BCUT2D eigenvalue weighted by molar-refractivity contribution is 5.85. The molecule has 0 spiro atoms. The van der Waals surface area contributed by atoms with Crippen molar-refractivity contribution in [2.24, 2.45) is 0 Å². The first kappa shape index (κ1) is 17.7. The topological polar surface area (TPSA) is 85.8 Å². The average Bonchev–Trinajstić information content (AvgIpc) is 2.67. The lowest BCUT2D eigenvalue weighted by molar-refractivity contribution is -0.129. The van der Waals surface area contributed by atoms with Gasteiger partial charge in [0.15, 0.2) is 5.69 Å². The van der Waals surface area contributed by atoms with Crippen molar-refractivity contribution in [3.63, 3.8) is 0 Å². The number of benzene rings is 1. The van der Waals surface area contributed by atoms with Gasteiger partial charge in [-0.2, -0.15) is 0 Å². The van der Waals surface area contributed by atoms with Gasteiger partial charge in [-0.1, -0.05) is 24.3 Å². The molecule has 3 rings (SSSR count). The number of hydrogen-bond acceptors (Lipinski definition) is 5. The fraction of sp³-hybridized carbons (Fsp3) is 0.316. The molecule has 1 aliphatic rings.